The Kier molecular flexibility index (Phi) is 7.40. The van der Waals surface area contributed by atoms with Gasteiger partial charge in [-0.25, -0.2) is 14.2 Å². The Hall–Kier alpha value is -3.79. The van der Waals surface area contributed by atoms with Crippen LogP contribution in [0.15, 0.2) is 47.7 Å². The van der Waals surface area contributed by atoms with Gasteiger partial charge in [0.2, 0.25) is 6.79 Å². The molecule has 3 aromatic rings. The van der Waals surface area contributed by atoms with E-state index >= 15 is 0 Å². The number of carbonyl (C=O) groups is 2. The van der Waals surface area contributed by atoms with Crippen molar-refractivity contribution in [1.82, 2.24) is 14.5 Å². The number of aliphatic imine (C=N–C) groups is 1. The summed E-state index contributed by atoms with van der Waals surface area (Å²) in [6, 6.07) is 7.68. The van der Waals surface area contributed by atoms with E-state index in [1.165, 1.54) is 12.1 Å². The standard InChI is InChI=1S/C24H22ClFN4O5/c1-3-33-24(32)35-13-34-21(31)8-7-19-23-28-12-14(2)30(23)20-11-17(26)16(25)10-15(20)22(29-19)18-6-4-5-9-27-18/h4-6,9-12,19H,3,7-8,13H2,1-2H3/t19-/m0/s1. The number of aromatic nitrogens is 3. The zero-order chi connectivity index (χ0) is 24.9. The third-order valence-electron chi connectivity index (χ3n) is 5.27. The Labute approximate surface area is 205 Å². The second-order valence-corrected chi connectivity index (χ2v) is 7.99. The SMILES string of the molecule is CCOC(=O)OCOC(=O)CC[C@@H]1N=C(c2ccccn2)c2cc(Cl)c(F)cc2-n2c(C)cnc21. The van der Waals surface area contributed by atoms with Gasteiger partial charge in [-0.1, -0.05) is 17.7 Å². The number of ether oxygens (including phenoxy) is 3. The molecule has 0 radical (unpaired) electrons. The third-order valence-corrected chi connectivity index (χ3v) is 5.56. The molecule has 182 valence electrons. The van der Waals surface area contributed by atoms with Gasteiger partial charge in [0.25, 0.3) is 0 Å². The number of hydrogen-bond donors (Lipinski definition) is 0. The van der Waals surface area contributed by atoms with E-state index in [2.05, 4.69) is 19.4 Å². The molecule has 1 aliphatic heterocycles. The van der Waals surface area contributed by atoms with Crippen molar-refractivity contribution in [3.63, 3.8) is 0 Å². The van der Waals surface area contributed by atoms with E-state index in [0.29, 0.717) is 28.5 Å². The summed E-state index contributed by atoms with van der Waals surface area (Å²) < 4.78 is 30.6. The molecule has 1 aliphatic rings. The lowest BCUT2D eigenvalue weighted by Crippen LogP contribution is -2.15. The van der Waals surface area contributed by atoms with Crippen LogP contribution in [0.2, 0.25) is 5.02 Å². The maximum absolute atomic E-state index is 14.5. The molecule has 0 amide bonds. The van der Waals surface area contributed by atoms with Gasteiger partial charge < -0.3 is 14.2 Å². The predicted molar refractivity (Wildman–Crippen MR) is 124 cm³/mol. The van der Waals surface area contributed by atoms with Crippen LogP contribution in [0.1, 0.15) is 48.6 Å². The van der Waals surface area contributed by atoms with Gasteiger partial charge in [0.05, 0.1) is 28.7 Å². The first-order valence-electron chi connectivity index (χ1n) is 10.9. The molecule has 3 heterocycles. The molecule has 0 spiro atoms. The van der Waals surface area contributed by atoms with E-state index in [0.717, 1.165) is 5.69 Å². The summed E-state index contributed by atoms with van der Waals surface area (Å²) in [5.41, 5.74) is 2.93. The van der Waals surface area contributed by atoms with Gasteiger partial charge >= 0.3 is 12.1 Å². The van der Waals surface area contributed by atoms with Crippen molar-refractivity contribution in [2.24, 2.45) is 4.99 Å². The zero-order valence-corrected chi connectivity index (χ0v) is 19.8. The average molecular weight is 501 g/mol. The van der Waals surface area contributed by atoms with Crippen molar-refractivity contribution >= 4 is 29.4 Å². The first kappa shape index (κ1) is 24.3. The Bertz CT molecular complexity index is 1280. The summed E-state index contributed by atoms with van der Waals surface area (Å²) in [7, 11) is 0. The molecule has 0 saturated heterocycles. The highest BCUT2D eigenvalue weighted by Crippen LogP contribution is 2.35. The normalized spacial score (nSPS) is 14.3. The van der Waals surface area contributed by atoms with E-state index in [1.807, 2.05) is 13.0 Å². The Morgan fingerprint density at radius 2 is 2.00 bits per heavy atom. The molecule has 9 nitrogen and oxygen atoms in total. The summed E-state index contributed by atoms with van der Waals surface area (Å²) in [4.78, 5) is 37.3. The lowest BCUT2D eigenvalue weighted by Gasteiger charge is -2.14. The minimum Gasteiger partial charge on any atom is -0.435 e. The smallest absolute Gasteiger partial charge is 0.435 e. The zero-order valence-electron chi connectivity index (χ0n) is 19.0. The molecular weight excluding hydrogens is 479 g/mol. The number of aryl methyl sites for hydroxylation is 1. The van der Waals surface area contributed by atoms with E-state index < -0.39 is 30.8 Å². The number of carbonyl (C=O) groups excluding carboxylic acids is 2. The predicted octanol–water partition coefficient (Wildman–Crippen LogP) is 4.71. The second kappa shape index (κ2) is 10.6. The van der Waals surface area contributed by atoms with Crippen LogP contribution in [0.3, 0.4) is 0 Å². The van der Waals surface area contributed by atoms with Gasteiger partial charge in [-0.2, -0.15) is 0 Å². The van der Waals surface area contributed by atoms with Gasteiger partial charge in [-0.05, 0) is 38.5 Å². The number of nitrogens with zero attached hydrogens (tertiary/aromatic N) is 4. The summed E-state index contributed by atoms with van der Waals surface area (Å²) >= 11 is 6.14. The van der Waals surface area contributed by atoms with Crippen molar-refractivity contribution < 1.29 is 28.2 Å². The Balaban J connectivity index is 1.66. The first-order chi connectivity index (χ1) is 16.9. The topological polar surface area (TPSA) is 105 Å². The monoisotopic (exact) mass is 500 g/mol. The molecule has 1 atom stereocenters. The van der Waals surface area contributed by atoms with Crippen LogP contribution < -0.4 is 0 Å². The van der Waals surface area contributed by atoms with Crippen LogP contribution in [0, 0.1) is 12.7 Å². The Morgan fingerprint density at radius 1 is 1.17 bits per heavy atom. The number of rotatable bonds is 7. The number of benzene rings is 1. The Morgan fingerprint density at radius 3 is 2.74 bits per heavy atom. The largest absolute Gasteiger partial charge is 0.511 e. The molecule has 0 saturated carbocycles. The van der Waals surface area contributed by atoms with Gasteiger partial charge in [-0.3, -0.25) is 19.3 Å². The van der Waals surface area contributed by atoms with Crippen molar-refractivity contribution in [3.05, 3.63) is 76.3 Å². The maximum atomic E-state index is 14.5. The fraction of sp³-hybridized carbons (Fsp3) is 0.292. The molecule has 35 heavy (non-hydrogen) atoms. The minimum absolute atomic E-state index is 0.0345. The average Bonchev–Trinajstić information content (AvgIpc) is 3.16. The molecule has 11 heteroatoms. The summed E-state index contributed by atoms with van der Waals surface area (Å²) in [6.07, 6.45) is 2.57. The molecule has 2 aromatic heterocycles. The van der Waals surface area contributed by atoms with Crippen molar-refractivity contribution in [2.75, 3.05) is 13.4 Å². The van der Waals surface area contributed by atoms with Gasteiger partial charge in [0, 0.05) is 36.1 Å². The fourth-order valence-corrected chi connectivity index (χ4v) is 3.89. The molecule has 0 unspecified atom stereocenters. The van der Waals surface area contributed by atoms with Crippen LogP contribution in [0.4, 0.5) is 9.18 Å². The number of esters is 1. The number of halogens is 2. The molecule has 0 bridgehead atoms. The lowest BCUT2D eigenvalue weighted by atomic mass is 10.0. The molecule has 1 aromatic carbocycles. The van der Waals surface area contributed by atoms with Crippen LogP contribution >= 0.6 is 11.6 Å². The van der Waals surface area contributed by atoms with Crippen molar-refractivity contribution in [1.29, 1.82) is 0 Å². The lowest BCUT2D eigenvalue weighted by molar-refractivity contribution is -0.153. The van der Waals surface area contributed by atoms with E-state index in [4.69, 9.17) is 21.3 Å². The molecular formula is C24H22ClFN4O5. The summed E-state index contributed by atoms with van der Waals surface area (Å²) in [5.74, 6) is -0.630. The summed E-state index contributed by atoms with van der Waals surface area (Å²) in [5, 5.41) is -0.0460. The van der Waals surface area contributed by atoms with Crippen LogP contribution in [-0.4, -0.2) is 45.8 Å². The molecule has 0 aliphatic carbocycles. The maximum Gasteiger partial charge on any atom is 0.511 e. The highest BCUT2D eigenvalue weighted by molar-refractivity contribution is 6.31. The van der Waals surface area contributed by atoms with E-state index in [-0.39, 0.29) is 24.5 Å². The number of pyridine rings is 1. The quantitative estimate of drug-likeness (QED) is 0.341. The van der Waals surface area contributed by atoms with Gasteiger partial charge in [-0.15, -0.1) is 0 Å². The van der Waals surface area contributed by atoms with Gasteiger partial charge in [0.15, 0.2) is 0 Å². The fourth-order valence-electron chi connectivity index (χ4n) is 3.73. The van der Waals surface area contributed by atoms with Crippen LogP contribution in [-0.2, 0) is 19.0 Å². The number of fused-ring (bicyclic) bond motifs is 3. The van der Waals surface area contributed by atoms with Crippen molar-refractivity contribution in [2.45, 2.75) is 32.7 Å². The van der Waals surface area contributed by atoms with E-state index in [9.17, 15) is 14.0 Å². The number of imidazole rings is 1. The van der Waals surface area contributed by atoms with E-state index in [1.54, 1.807) is 36.0 Å². The first-order valence-corrected chi connectivity index (χ1v) is 11.2. The van der Waals surface area contributed by atoms with Gasteiger partial charge in [0.1, 0.15) is 17.7 Å². The highest BCUT2D eigenvalue weighted by atomic mass is 35.5. The third kappa shape index (κ3) is 5.32. The molecule has 0 fully saturated rings. The summed E-state index contributed by atoms with van der Waals surface area (Å²) in [6.45, 7) is 3.07. The second-order valence-electron chi connectivity index (χ2n) is 7.59. The molecule has 4 rings (SSSR count). The molecule has 0 N–H and O–H groups in total. The number of hydrogen-bond acceptors (Lipinski definition) is 8. The van der Waals surface area contributed by atoms with Crippen LogP contribution in [0.25, 0.3) is 5.69 Å². The highest BCUT2D eigenvalue weighted by Gasteiger charge is 2.29. The van der Waals surface area contributed by atoms with Crippen LogP contribution in [0.5, 0.6) is 0 Å². The minimum atomic E-state index is -0.921. The van der Waals surface area contributed by atoms with Crippen molar-refractivity contribution in [3.8, 4) is 5.69 Å².